The lowest BCUT2D eigenvalue weighted by atomic mass is 10.1. The zero-order chi connectivity index (χ0) is 11.7. The molecular weight excluding hydrogens is 266 g/mol. The smallest absolute Gasteiger partial charge is 0.120 e. The Labute approximate surface area is 105 Å². The first kappa shape index (κ1) is 11.9. The Hall–Kier alpha value is -0.540. The number of hydrogen-bond acceptors (Lipinski definition) is 2. The molecule has 1 heterocycles. The lowest BCUT2D eigenvalue weighted by Gasteiger charge is -2.21. The quantitative estimate of drug-likeness (QED) is 0.900. The molecule has 0 saturated carbocycles. The minimum absolute atomic E-state index is 0.398. The van der Waals surface area contributed by atoms with Gasteiger partial charge in [-0.1, -0.05) is 22.9 Å². The summed E-state index contributed by atoms with van der Waals surface area (Å²) in [6.45, 7) is 6.53. The van der Waals surface area contributed by atoms with E-state index >= 15 is 0 Å². The average Bonchev–Trinajstić information content (AvgIpc) is 2.51. The van der Waals surface area contributed by atoms with Crippen LogP contribution in [0.2, 0.25) is 0 Å². The number of aromatic hydroxyl groups is 1. The van der Waals surface area contributed by atoms with Gasteiger partial charge in [-0.15, -0.1) is 0 Å². The van der Waals surface area contributed by atoms with E-state index in [2.05, 4.69) is 34.7 Å². The minimum atomic E-state index is 0.398. The molecule has 1 N–H and O–H groups in total. The van der Waals surface area contributed by atoms with Crippen LogP contribution in [0.25, 0.3) is 0 Å². The fraction of sp³-hybridized carbons (Fsp3) is 0.538. The average molecular weight is 284 g/mol. The summed E-state index contributed by atoms with van der Waals surface area (Å²) >= 11 is 3.44. The molecule has 2 unspecified atom stereocenters. The number of nitrogens with zero attached hydrogens (tertiary/aromatic N) is 1. The van der Waals surface area contributed by atoms with Gasteiger partial charge in [0.05, 0.1) is 0 Å². The molecule has 0 spiro atoms. The fourth-order valence-corrected chi connectivity index (χ4v) is 2.91. The highest BCUT2D eigenvalue weighted by atomic mass is 79.9. The number of hydrogen-bond donors (Lipinski definition) is 1. The van der Waals surface area contributed by atoms with Crippen molar-refractivity contribution in [2.45, 2.75) is 32.9 Å². The van der Waals surface area contributed by atoms with Crippen LogP contribution in [0.5, 0.6) is 5.75 Å². The molecule has 0 bridgehead atoms. The van der Waals surface area contributed by atoms with E-state index in [4.69, 9.17) is 0 Å². The van der Waals surface area contributed by atoms with Gasteiger partial charge in [0.2, 0.25) is 0 Å². The van der Waals surface area contributed by atoms with Crippen molar-refractivity contribution in [2.24, 2.45) is 5.92 Å². The Kier molecular flexibility index (Phi) is 3.55. The van der Waals surface area contributed by atoms with Gasteiger partial charge in [-0.25, -0.2) is 0 Å². The van der Waals surface area contributed by atoms with Gasteiger partial charge in [-0.2, -0.15) is 0 Å². The molecule has 2 rings (SSSR count). The molecule has 1 aromatic carbocycles. The monoisotopic (exact) mass is 283 g/mol. The third-order valence-corrected chi connectivity index (χ3v) is 3.82. The van der Waals surface area contributed by atoms with Crippen LogP contribution in [0.4, 0.5) is 0 Å². The van der Waals surface area contributed by atoms with E-state index < -0.39 is 0 Å². The first-order chi connectivity index (χ1) is 7.56. The second-order valence-corrected chi connectivity index (χ2v) is 5.81. The number of likely N-dealkylation sites (tertiary alicyclic amines) is 1. The van der Waals surface area contributed by atoms with Crippen LogP contribution in [0.1, 0.15) is 25.8 Å². The summed E-state index contributed by atoms with van der Waals surface area (Å²) in [5.74, 6) is 1.17. The van der Waals surface area contributed by atoms with Gasteiger partial charge in [0.25, 0.3) is 0 Å². The fourth-order valence-electron chi connectivity index (χ4n) is 2.51. The van der Waals surface area contributed by atoms with Crippen molar-refractivity contribution in [3.63, 3.8) is 0 Å². The van der Waals surface area contributed by atoms with Crippen LogP contribution in [0.15, 0.2) is 22.7 Å². The second kappa shape index (κ2) is 4.76. The first-order valence-corrected chi connectivity index (χ1v) is 6.57. The van der Waals surface area contributed by atoms with Crippen LogP contribution >= 0.6 is 15.9 Å². The summed E-state index contributed by atoms with van der Waals surface area (Å²) < 4.78 is 1.03. The third-order valence-electron chi connectivity index (χ3n) is 3.33. The third kappa shape index (κ3) is 2.58. The Bertz CT molecular complexity index is 380. The Morgan fingerprint density at radius 3 is 2.81 bits per heavy atom. The summed E-state index contributed by atoms with van der Waals surface area (Å²) in [4.78, 5) is 2.44. The Morgan fingerprint density at radius 1 is 1.44 bits per heavy atom. The van der Waals surface area contributed by atoms with E-state index in [0.717, 1.165) is 29.0 Å². The molecule has 0 aliphatic carbocycles. The Balaban J connectivity index is 2.11. The number of halogens is 1. The highest BCUT2D eigenvalue weighted by Crippen LogP contribution is 2.28. The maximum Gasteiger partial charge on any atom is 0.120 e. The maximum atomic E-state index is 9.80. The SMILES string of the molecule is CC1CC(C)N(Cc2cc(Br)ccc2O)C1. The standard InChI is InChI=1S/C13H18BrNO/c1-9-5-10(2)15(7-9)8-11-6-12(14)3-4-13(11)16/h3-4,6,9-10,16H,5,7-8H2,1-2H3. The van der Waals surface area contributed by atoms with Crippen LogP contribution in [0.3, 0.4) is 0 Å². The van der Waals surface area contributed by atoms with Crippen molar-refractivity contribution >= 4 is 15.9 Å². The molecule has 3 heteroatoms. The summed E-state index contributed by atoms with van der Waals surface area (Å²) in [5, 5.41) is 9.80. The van der Waals surface area contributed by atoms with E-state index in [-0.39, 0.29) is 0 Å². The van der Waals surface area contributed by atoms with Gasteiger partial charge in [0, 0.05) is 29.2 Å². The molecule has 1 aromatic rings. The van der Waals surface area contributed by atoms with Crippen LogP contribution in [-0.2, 0) is 6.54 Å². The molecule has 16 heavy (non-hydrogen) atoms. The van der Waals surface area contributed by atoms with Gasteiger partial charge >= 0.3 is 0 Å². The summed E-state index contributed by atoms with van der Waals surface area (Å²) in [5.41, 5.74) is 1.01. The largest absolute Gasteiger partial charge is 0.508 e. The summed E-state index contributed by atoms with van der Waals surface area (Å²) in [7, 11) is 0. The van der Waals surface area contributed by atoms with Crippen molar-refractivity contribution in [3.05, 3.63) is 28.2 Å². The number of phenols is 1. The van der Waals surface area contributed by atoms with Gasteiger partial charge < -0.3 is 5.11 Å². The van der Waals surface area contributed by atoms with Crippen molar-refractivity contribution in [1.29, 1.82) is 0 Å². The van der Waals surface area contributed by atoms with Gasteiger partial charge in [-0.3, -0.25) is 4.90 Å². The van der Waals surface area contributed by atoms with Gasteiger partial charge in [-0.05, 0) is 37.5 Å². The summed E-state index contributed by atoms with van der Waals surface area (Å²) in [6, 6.07) is 6.25. The molecular formula is C13H18BrNO. The van der Waals surface area contributed by atoms with Crippen LogP contribution < -0.4 is 0 Å². The van der Waals surface area contributed by atoms with Crippen molar-refractivity contribution in [2.75, 3.05) is 6.54 Å². The molecule has 88 valence electrons. The predicted octanol–water partition coefficient (Wildman–Crippen LogP) is 3.39. The predicted molar refractivity (Wildman–Crippen MR) is 69.5 cm³/mol. The van der Waals surface area contributed by atoms with E-state index in [1.165, 1.54) is 6.42 Å². The lowest BCUT2D eigenvalue weighted by Crippen LogP contribution is -2.26. The molecule has 1 fully saturated rings. The zero-order valence-electron chi connectivity index (χ0n) is 9.78. The topological polar surface area (TPSA) is 23.5 Å². The Morgan fingerprint density at radius 2 is 2.19 bits per heavy atom. The van der Waals surface area contributed by atoms with E-state index in [0.29, 0.717) is 11.8 Å². The van der Waals surface area contributed by atoms with Crippen LogP contribution in [-0.4, -0.2) is 22.6 Å². The maximum absolute atomic E-state index is 9.80. The second-order valence-electron chi connectivity index (χ2n) is 4.89. The normalized spacial score (nSPS) is 26.2. The summed E-state index contributed by atoms with van der Waals surface area (Å²) in [6.07, 6.45) is 1.26. The van der Waals surface area contributed by atoms with Gasteiger partial charge in [0.1, 0.15) is 5.75 Å². The van der Waals surface area contributed by atoms with E-state index in [1.54, 1.807) is 6.07 Å². The van der Waals surface area contributed by atoms with E-state index in [9.17, 15) is 5.11 Å². The zero-order valence-corrected chi connectivity index (χ0v) is 11.4. The molecule has 0 amide bonds. The minimum Gasteiger partial charge on any atom is -0.508 e. The molecule has 1 aliphatic rings. The molecule has 1 saturated heterocycles. The lowest BCUT2D eigenvalue weighted by molar-refractivity contribution is 0.253. The molecule has 0 radical (unpaired) electrons. The molecule has 2 atom stereocenters. The molecule has 0 aromatic heterocycles. The molecule has 1 aliphatic heterocycles. The van der Waals surface area contributed by atoms with Crippen molar-refractivity contribution < 1.29 is 5.11 Å². The van der Waals surface area contributed by atoms with Gasteiger partial charge in [0.15, 0.2) is 0 Å². The number of rotatable bonds is 2. The van der Waals surface area contributed by atoms with Crippen LogP contribution in [0, 0.1) is 5.92 Å². The number of benzene rings is 1. The van der Waals surface area contributed by atoms with Crippen molar-refractivity contribution in [3.8, 4) is 5.75 Å². The first-order valence-electron chi connectivity index (χ1n) is 5.77. The number of phenolic OH excluding ortho intramolecular Hbond substituents is 1. The highest BCUT2D eigenvalue weighted by molar-refractivity contribution is 9.10. The molecule has 2 nitrogen and oxygen atoms in total. The highest BCUT2D eigenvalue weighted by Gasteiger charge is 2.26. The van der Waals surface area contributed by atoms with E-state index in [1.807, 2.05) is 12.1 Å². The van der Waals surface area contributed by atoms with Crippen molar-refractivity contribution in [1.82, 2.24) is 4.90 Å².